The van der Waals surface area contributed by atoms with Crippen molar-refractivity contribution in [1.82, 2.24) is 5.06 Å². The van der Waals surface area contributed by atoms with Gasteiger partial charge in [-0.2, -0.15) is 0 Å². The molecule has 0 aromatic heterocycles. The van der Waals surface area contributed by atoms with E-state index in [0.29, 0.717) is 5.56 Å². The number of nitrogens with zero attached hydrogens (tertiary/aromatic N) is 1. The molecule has 0 bridgehead atoms. The summed E-state index contributed by atoms with van der Waals surface area (Å²) in [5.41, 5.74) is -2.11. The summed E-state index contributed by atoms with van der Waals surface area (Å²) in [7, 11) is 0. The quantitative estimate of drug-likeness (QED) is 0.322. The number of hydroxylamine groups is 2. The van der Waals surface area contributed by atoms with Gasteiger partial charge >= 0.3 is 5.97 Å². The van der Waals surface area contributed by atoms with Crippen LogP contribution in [0, 0.1) is 0 Å². The summed E-state index contributed by atoms with van der Waals surface area (Å²) >= 11 is 0. The lowest BCUT2D eigenvalue weighted by Gasteiger charge is -2.31. The molecule has 134 valence electrons. The molecule has 0 saturated carbocycles. The molecule has 8 nitrogen and oxygen atoms in total. The van der Waals surface area contributed by atoms with Crippen LogP contribution in [-0.4, -0.2) is 54.0 Å². The Morgan fingerprint density at radius 1 is 1.00 bits per heavy atom. The Balaban J connectivity index is 2.15. The van der Waals surface area contributed by atoms with Crippen LogP contribution in [0.2, 0.25) is 0 Å². The maximum Gasteiger partial charge on any atom is 0.353 e. The standard InChI is InChI=1S/C17H19NO7/c19-12-6-4-11(5-7-12)10-17(24,16(22)23)18(25)9-8-13-14(20)2-1-3-15(13)21/h1-7,19-21,24-25H,8-10H2,(H,22,23)/t17-/m1/s1. The van der Waals surface area contributed by atoms with Crippen molar-refractivity contribution >= 4 is 5.97 Å². The van der Waals surface area contributed by atoms with Crippen LogP contribution in [0.3, 0.4) is 0 Å². The summed E-state index contributed by atoms with van der Waals surface area (Å²) in [6, 6.07) is 9.63. The van der Waals surface area contributed by atoms with E-state index < -0.39 is 18.1 Å². The van der Waals surface area contributed by atoms with Gasteiger partial charge in [-0.15, -0.1) is 5.06 Å². The molecule has 0 fully saturated rings. The van der Waals surface area contributed by atoms with Crippen molar-refractivity contribution in [3.05, 3.63) is 53.6 Å². The second-order valence-corrected chi connectivity index (χ2v) is 5.61. The molecule has 0 saturated heterocycles. The normalized spacial score (nSPS) is 13.6. The first-order chi connectivity index (χ1) is 11.7. The highest BCUT2D eigenvalue weighted by Crippen LogP contribution is 2.28. The minimum absolute atomic E-state index is 0.0153. The first-order valence-corrected chi connectivity index (χ1v) is 7.44. The topological polar surface area (TPSA) is 142 Å². The largest absolute Gasteiger partial charge is 0.508 e. The lowest BCUT2D eigenvalue weighted by molar-refractivity contribution is -0.261. The Morgan fingerprint density at radius 3 is 2.08 bits per heavy atom. The number of benzene rings is 2. The van der Waals surface area contributed by atoms with Crippen LogP contribution in [0.1, 0.15) is 11.1 Å². The average Bonchev–Trinajstić information content (AvgIpc) is 2.56. The number of aromatic hydroxyl groups is 3. The average molecular weight is 349 g/mol. The van der Waals surface area contributed by atoms with Crippen molar-refractivity contribution in [3.63, 3.8) is 0 Å². The van der Waals surface area contributed by atoms with Gasteiger partial charge in [-0.25, -0.2) is 4.79 Å². The number of phenols is 3. The Labute approximate surface area is 143 Å². The Bertz CT molecular complexity index is 727. The fourth-order valence-electron chi connectivity index (χ4n) is 2.40. The van der Waals surface area contributed by atoms with Gasteiger partial charge in [0, 0.05) is 18.5 Å². The predicted molar refractivity (Wildman–Crippen MR) is 86.4 cm³/mol. The van der Waals surface area contributed by atoms with E-state index in [0.717, 1.165) is 0 Å². The summed E-state index contributed by atoms with van der Waals surface area (Å²) in [5, 5.41) is 58.7. The zero-order chi connectivity index (χ0) is 18.6. The van der Waals surface area contributed by atoms with Gasteiger partial charge in [0.2, 0.25) is 5.72 Å². The van der Waals surface area contributed by atoms with E-state index in [4.69, 9.17) is 0 Å². The van der Waals surface area contributed by atoms with Gasteiger partial charge in [0.05, 0.1) is 0 Å². The Hall–Kier alpha value is -2.81. The minimum atomic E-state index is -2.61. The minimum Gasteiger partial charge on any atom is -0.508 e. The van der Waals surface area contributed by atoms with Crippen molar-refractivity contribution in [3.8, 4) is 17.2 Å². The number of phenolic OH excluding ortho intramolecular Hbond substituents is 3. The summed E-state index contributed by atoms with van der Waals surface area (Å²) in [6.07, 6.45) is -0.536. The van der Waals surface area contributed by atoms with Gasteiger partial charge in [0.15, 0.2) is 0 Å². The lowest BCUT2D eigenvalue weighted by atomic mass is 10.0. The molecule has 6 N–H and O–H groups in total. The molecule has 0 aliphatic rings. The SMILES string of the molecule is O=C(O)[C@](O)(Cc1ccc(O)cc1)N(O)CCc1c(O)cccc1O. The second-order valence-electron chi connectivity index (χ2n) is 5.61. The number of aliphatic hydroxyl groups is 1. The summed E-state index contributed by atoms with van der Waals surface area (Å²) in [5.74, 6) is -2.08. The molecule has 25 heavy (non-hydrogen) atoms. The highest BCUT2D eigenvalue weighted by molar-refractivity contribution is 5.76. The maximum absolute atomic E-state index is 11.5. The third-order valence-electron chi connectivity index (χ3n) is 3.86. The number of carbonyl (C=O) groups is 1. The molecule has 2 aromatic carbocycles. The Morgan fingerprint density at radius 2 is 1.56 bits per heavy atom. The van der Waals surface area contributed by atoms with E-state index in [1.54, 1.807) is 0 Å². The van der Waals surface area contributed by atoms with E-state index in [1.165, 1.54) is 42.5 Å². The zero-order valence-electron chi connectivity index (χ0n) is 13.2. The summed E-state index contributed by atoms with van der Waals surface area (Å²) in [6.45, 7) is -0.355. The molecule has 2 rings (SSSR count). The fraction of sp³-hybridized carbons (Fsp3) is 0.235. The third-order valence-corrected chi connectivity index (χ3v) is 3.86. The molecule has 0 spiro atoms. The van der Waals surface area contributed by atoms with Crippen LogP contribution >= 0.6 is 0 Å². The molecule has 0 unspecified atom stereocenters. The van der Waals surface area contributed by atoms with Crippen LogP contribution in [0.5, 0.6) is 17.2 Å². The first kappa shape index (κ1) is 18.5. The summed E-state index contributed by atoms with van der Waals surface area (Å²) in [4.78, 5) is 11.5. The van der Waals surface area contributed by atoms with E-state index in [-0.39, 0.29) is 40.8 Å². The molecule has 0 heterocycles. The highest BCUT2D eigenvalue weighted by Gasteiger charge is 2.42. The zero-order valence-corrected chi connectivity index (χ0v) is 13.2. The predicted octanol–water partition coefficient (Wildman–Crippen LogP) is 1.05. The molecule has 2 aromatic rings. The highest BCUT2D eigenvalue weighted by atomic mass is 16.6. The first-order valence-electron chi connectivity index (χ1n) is 7.44. The molecule has 8 heteroatoms. The molecule has 0 aliphatic heterocycles. The number of rotatable bonds is 7. The van der Waals surface area contributed by atoms with Crippen molar-refractivity contribution in [2.75, 3.05) is 6.54 Å². The van der Waals surface area contributed by atoms with Crippen molar-refractivity contribution in [1.29, 1.82) is 0 Å². The van der Waals surface area contributed by atoms with Crippen LogP contribution in [0.25, 0.3) is 0 Å². The maximum atomic E-state index is 11.5. The monoisotopic (exact) mass is 349 g/mol. The smallest absolute Gasteiger partial charge is 0.353 e. The molecule has 0 aliphatic carbocycles. The van der Waals surface area contributed by atoms with E-state index in [9.17, 15) is 35.5 Å². The van der Waals surface area contributed by atoms with E-state index in [1.807, 2.05) is 0 Å². The number of aliphatic carboxylic acids is 1. The van der Waals surface area contributed by atoms with Crippen LogP contribution < -0.4 is 0 Å². The second kappa shape index (κ2) is 7.39. The van der Waals surface area contributed by atoms with Crippen molar-refractivity contribution in [2.24, 2.45) is 0 Å². The van der Waals surface area contributed by atoms with Crippen LogP contribution in [0.15, 0.2) is 42.5 Å². The number of carboxylic acids is 1. The molecule has 0 radical (unpaired) electrons. The molecule has 1 atom stereocenters. The van der Waals surface area contributed by atoms with Gasteiger partial charge in [0.25, 0.3) is 0 Å². The number of hydrogen-bond donors (Lipinski definition) is 6. The van der Waals surface area contributed by atoms with Crippen LogP contribution in [0.4, 0.5) is 0 Å². The summed E-state index contributed by atoms with van der Waals surface area (Å²) < 4.78 is 0. The van der Waals surface area contributed by atoms with Gasteiger partial charge < -0.3 is 30.7 Å². The van der Waals surface area contributed by atoms with Gasteiger partial charge in [-0.3, -0.25) is 0 Å². The van der Waals surface area contributed by atoms with E-state index in [2.05, 4.69) is 0 Å². The number of hydrogen-bond acceptors (Lipinski definition) is 7. The lowest BCUT2D eigenvalue weighted by Crippen LogP contribution is -2.55. The van der Waals surface area contributed by atoms with E-state index >= 15 is 0 Å². The third kappa shape index (κ3) is 4.18. The van der Waals surface area contributed by atoms with Crippen molar-refractivity contribution in [2.45, 2.75) is 18.6 Å². The van der Waals surface area contributed by atoms with Crippen molar-refractivity contribution < 1.29 is 35.5 Å². The number of carboxylic acid groups (broad SMARTS) is 1. The molecular formula is C17H19NO7. The Kier molecular flexibility index (Phi) is 5.48. The van der Waals surface area contributed by atoms with Gasteiger partial charge in [0.1, 0.15) is 17.2 Å². The van der Waals surface area contributed by atoms with Crippen LogP contribution in [-0.2, 0) is 17.6 Å². The van der Waals surface area contributed by atoms with Gasteiger partial charge in [-0.05, 0) is 36.2 Å². The molecular weight excluding hydrogens is 330 g/mol. The van der Waals surface area contributed by atoms with Gasteiger partial charge in [-0.1, -0.05) is 18.2 Å². The molecule has 0 amide bonds. The fourth-order valence-corrected chi connectivity index (χ4v) is 2.40.